The molecule has 0 aliphatic carbocycles. The van der Waals surface area contributed by atoms with Crippen molar-refractivity contribution in [1.82, 2.24) is 9.21 Å². The Hall–Kier alpha value is -1.71. The summed E-state index contributed by atoms with van der Waals surface area (Å²) >= 11 is 11.9. The second-order valence-corrected chi connectivity index (χ2v) is 9.06. The maximum absolute atomic E-state index is 12.9. The van der Waals surface area contributed by atoms with E-state index in [1.807, 2.05) is 4.90 Å². The van der Waals surface area contributed by atoms with E-state index in [1.165, 1.54) is 46.8 Å². The molecule has 1 heterocycles. The molecule has 0 bridgehead atoms. The van der Waals surface area contributed by atoms with Crippen molar-refractivity contribution in [3.8, 4) is 0 Å². The number of nitrogens with one attached hydrogen (secondary N) is 1. The molecule has 0 saturated carbocycles. The third-order valence-electron chi connectivity index (χ3n) is 4.34. The van der Waals surface area contributed by atoms with E-state index in [0.717, 1.165) is 0 Å². The zero-order valence-corrected chi connectivity index (χ0v) is 17.1. The number of halogens is 3. The zero-order valence-electron chi connectivity index (χ0n) is 14.7. The lowest BCUT2D eigenvalue weighted by Gasteiger charge is -2.33. The summed E-state index contributed by atoms with van der Waals surface area (Å²) in [5.41, 5.74) is 0.503. The van der Waals surface area contributed by atoms with Crippen molar-refractivity contribution in [2.45, 2.75) is 4.90 Å². The molecular formula is C18H18Cl2FN3O3S. The largest absolute Gasteiger partial charge is 0.325 e. The fourth-order valence-electron chi connectivity index (χ4n) is 2.88. The normalized spacial score (nSPS) is 16.1. The Morgan fingerprint density at radius 1 is 1.04 bits per heavy atom. The molecule has 0 unspecified atom stereocenters. The minimum Gasteiger partial charge on any atom is -0.325 e. The monoisotopic (exact) mass is 445 g/mol. The van der Waals surface area contributed by atoms with Gasteiger partial charge in [0.05, 0.1) is 11.6 Å². The number of benzene rings is 2. The molecule has 1 aliphatic heterocycles. The third-order valence-corrected chi connectivity index (χ3v) is 6.95. The van der Waals surface area contributed by atoms with E-state index in [0.29, 0.717) is 23.8 Å². The number of nitrogens with zero attached hydrogens (tertiary/aromatic N) is 2. The van der Waals surface area contributed by atoms with Gasteiger partial charge >= 0.3 is 0 Å². The fourth-order valence-corrected chi connectivity index (χ4v) is 5.04. The van der Waals surface area contributed by atoms with Crippen molar-refractivity contribution in [1.29, 1.82) is 0 Å². The number of rotatable bonds is 5. The van der Waals surface area contributed by atoms with Crippen molar-refractivity contribution < 1.29 is 17.6 Å². The summed E-state index contributed by atoms with van der Waals surface area (Å²) < 4.78 is 39.9. The molecule has 2 aromatic rings. The predicted molar refractivity (Wildman–Crippen MR) is 107 cm³/mol. The molecular weight excluding hydrogens is 428 g/mol. The summed E-state index contributed by atoms with van der Waals surface area (Å²) in [4.78, 5) is 14.0. The van der Waals surface area contributed by atoms with Gasteiger partial charge in [-0.2, -0.15) is 4.31 Å². The fraction of sp³-hybridized carbons (Fsp3) is 0.278. The Morgan fingerprint density at radius 3 is 2.32 bits per heavy atom. The number of hydrogen-bond acceptors (Lipinski definition) is 4. The molecule has 0 spiro atoms. The van der Waals surface area contributed by atoms with Gasteiger partial charge in [0.15, 0.2) is 0 Å². The first kappa shape index (κ1) is 21.0. The minimum absolute atomic E-state index is 0.0239. The molecule has 6 nitrogen and oxygen atoms in total. The molecule has 0 radical (unpaired) electrons. The summed E-state index contributed by atoms with van der Waals surface area (Å²) in [6, 6.07) is 9.80. The van der Waals surface area contributed by atoms with Crippen molar-refractivity contribution in [3.63, 3.8) is 0 Å². The summed E-state index contributed by atoms with van der Waals surface area (Å²) in [7, 11) is -3.77. The van der Waals surface area contributed by atoms with Crippen LogP contribution < -0.4 is 5.32 Å². The first-order chi connectivity index (χ1) is 13.3. The lowest BCUT2D eigenvalue weighted by Crippen LogP contribution is -2.50. The van der Waals surface area contributed by atoms with Gasteiger partial charge in [-0.15, -0.1) is 0 Å². The van der Waals surface area contributed by atoms with E-state index < -0.39 is 10.0 Å². The number of carbonyl (C=O) groups is 1. The van der Waals surface area contributed by atoms with Crippen LogP contribution in [0.2, 0.25) is 10.0 Å². The molecule has 1 saturated heterocycles. The number of piperazine rings is 1. The van der Waals surface area contributed by atoms with Crippen molar-refractivity contribution in [3.05, 3.63) is 58.3 Å². The summed E-state index contributed by atoms with van der Waals surface area (Å²) in [6.45, 7) is 1.37. The molecule has 28 heavy (non-hydrogen) atoms. The summed E-state index contributed by atoms with van der Waals surface area (Å²) in [6.07, 6.45) is 0. The van der Waals surface area contributed by atoms with Gasteiger partial charge in [-0.25, -0.2) is 12.8 Å². The molecule has 0 atom stereocenters. The first-order valence-electron chi connectivity index (χ1n) is 8.49. The van der Waals surface area contributed by atoms with Crippen LogP contribution >= 0.6 is 23.2 Å². The number of amides is 1. The lowest BCUT2D eigenvalue weighted by atomic mass is 10.3. The molecule has 150 valence electrons. The topological polar surface area (TPSA) is 69.7 Å². The van der Waals surface area contributed by atoms with Gasteiger partial charge < -0.3 is 5.32 Å². The molecule has 1 N–H and O–H groups in total. The standard InChI is InChI=1S/C18H18Cl2FN3O3S/c19-13-1-6-16(20)17(11-13)28(26,27)24-9-7-23(8-10-24)12-18(25)22-15-4-2-14(21)3-5-15/h1-6,11H,7-10,12H2,(H,22,25). The highest BCUT2D eigenvalue weighted by atomic mass is 35.5. The van der Waals surface area contributed by atoms with Crippen LogP contribution in [0.15, 0.2) is 47.4 Å². The highest BCUT2D eigenvalue weighted by Crippen LogP contribution is 2.28. The quantitative estimate of drug-likeness (QED) is 0.767. The van der Waals surface area contributed by atoms with E-state index in [-0.39, 0.29) is 41.3 Å². The number of anilines is 1. The van der Waals surface area contributed by atoms with Crippen LogP contribution in [0.4, 0.5) is 10.1 Å². The van der Waals surface area contributed by atoms with Crippen LogP contribution in [-0.2, 0) is 14.8 Å². The molecule has 1 amide bonds. The van der Waals surface area contributed by atoms with E-state index in [9.17, 15) is 17.6 Å². The van der Waals surface area contributed by atoms with Gasteiger partial charge in [0, 0.05) is 36.9 Å². The van der Waals surface area contributed by atoms with Crippen LogP contribution in [0.25, 0.3) is 0 Å². The zero-order chi connectivity index (χ0) is 20.3. The Bertz CT molecular complexity index is 963. The SMILES string of the molecule is O=C(CN1CCN(S(=O)(=O)c2cc(Cl)ccc2Cl)CC1)Nc1ccc(F)cc1. The van der Waals surface area contributed by atoms with Gasteiger partial charge in [0.25, 0.3) is 0 Å². The average molecular weight is 446 g/mol. The predicted octanol–water partition coefficient (Wildman–Crippen LogP) is 3.08. The van der Waals surface area contributed by atoms with Gasteiger partial charge in [-0.1, -0.05) is 23.2 Å². The van der Waals surface area contributed by atoms with Gasteiger partial charge in [-0.05, 0) is 42.5 Å². The Labute approximate surface area is 172 Å². The third kappa shape index (κ3) is 5.01. The molecule has 2 aromatic carbocycles. The highest BCUT2D eigenvalue weighted by Gasteiger charge is 2.30. The van der Waals surface area contributed by atoms with Gasteiger partial charge in [0.1, 0.15) is 10.7 Å². The molecule has 1 aliphatic rings. The van der Waals surface area contributed by atoms with Crippen LogP contribution in [0.1, 0.15) is 0 Å². The van der Waals surface area contributed by atoms with Crippen LogP contribution in [-0.4, -0.2) is 56.3 Å². The Kier molecular flexibility index (Phi) is 6.57. The van der Waals surface area contributed by atoms with E-state index in [1.54, 1.807) is 0 Å². The number of sulfonamides is 1. The second-order valence-electron chi connectivity index (χ2n) is 6.31. The average Bonchev–Trinajstić information content (AvgIpc) is 2.66. The van der Waals surface area contributed by atoms with Crippen molar-refractivity contribution in [2.75, 3.05) is 38.0 Å². The lowest BCUT2D eigenvalue weighted by molar-refractivity contribution is -0.117. The van der Waals surface area contributed by atoms with Crippen LogP contribution in [0.5, 0.6) is 0 Å². The smallest absolute Gasteiger partial charge is 0.244 e. The number of carbonyl (C=O) groups excluding carboxylic acids is 1. The molecule has 1 fully saturated rings. The molecule has 3 rings (SSSR count). The van der Waals surface area contributed by atoms with E-state index >= 15 is 0 Å². The Balaban J connectivity index is 1.57. The van der Waals surface area contributed by atoms with Crippen molar-refractivity contribution in [2.24, 2.45) is 0 Å². The molecule has 10 heteroatoms. The van der Waals surface area contributed by atoms with Crippen LogP contribution in [0, 0.1) is 5.82 Å². The summed E-state index contributed by atoms with van der Waals surface area (Å²) in [5.74, 6) is -0.629. The molecule has 0 aromatic heterocycles. The van der Waals surface area contributed by atoms with Crippen LogP contribution in [0.3, 0.4) is 0 Å². The first-order valence-corrected chi connectivity index (χ1v) is 10.7. The second kappa shape index (κ2) is 8.75. The number of hydrogen-bond donors (Lipinski definition) is 1. The van der Waals surface area contributed by atoms with E-state index in [4.69, 9.17) is 23.2 Å². The maximum Gasteiger partial charge on any atom is 0.244 e. The maximum atomic E-state index is 12.9. The summed E-state index contributed by atoms with van der Waals surface area (Å²) in [5, 5.41) is 3.09. The Morgan fingerprint density at radius 2 is 1.68 bits per heavy atom. The van der Waals surface area contributed by atoms with Crippen molar-refractivity contribution >= 4 is 44.8 Å². The van der Waals surface area contributed by atoms with E-state index in [2.05, 4.69) is 5.32 Å². The van der Waals surface area contributed by atoms with Gasteiger partial charge in [0.2, 0.25) is 15.9 Å². The minimum atomic E-state index is -3.77. The van der Waals surface area contributed by atoms with Gasteiger partial charge in [-0.3, -0.25) is 9.69 Å². The highest BCUT2D eigenvalue weighted by molar-refractivity contribution is 7.89.